The summed E-state index contributed by atoms with van der Waals surface area (Å²) in [5.41, 5.74) is -0.0358. The van der Waals surface area contributed by atoms with E-state index >= 15 is 0 Å². The number of epoxide rings is 1. The van der Waals surface area contributed by atoms with Crippen molar-refractivity contribution < 1.29 is 9.47 Å². The molecular formula is C20H33BrO2. The van der Waals surface area contributed by atoms with Crippen molar-refractivity contribution in [3.8, 4) is 0 Å². The van der Waals surface area contributed by atoms with Gasteiger partial charge < -0.3 is 9.47 Å². The number of ether oxygens (including phenoxy) is 2. The van der Waals surface area contributed by atoms with Crippen molar-refractivity contribution in [2.75, 3.05) is 0 Å². The molecule has 2 saturated heterocycles. The molecule has 1 unspecified atom stereocenters. The normalized spacial score (nSPS) is 52.9. The van der Waals surface area contributed by atoms with E-state index in [0.717, 1.165) is 25.7 Å². The lowest BCUT2D eigenvalue weighted by molar-refractivity contribution is -0.190. The number of fused-ring (bicyclic) bond motifs is 2. The first-order chi connectivity index (χ1) is 10.5. The minimum atomic E-state index is -0.258. The molecule has 0 aromatic heterocycles. The molecule has 0 N–H and O–H groups in total. The Morgan fingerprint density at radius 1 is 0.957 bits per heavy atom. The Bertz CT molecular complexity index is 490. The molecular weight excluding hydrogens is 352 g/mol. The first-order valence-electron chi connectivity index (χ1n) is 9.20. The van der Waals surface area contributed by atoms with Crippen LogP contribution in [0.15, 0.2) is 12.7 Å². The molecule has 132 valence electrons. The number of alkyl halides is 1. The zero-order valence-electron chi connectivity index (χ0n) is 15.5. The summed E-state index contributed by atoms with van der Waals surface area (Å²) in [4.78, 5) is 0.554. The minimum absolute atomic E-state index is 0.0885. The molecule has 0 radical (unpaired) electrons. The van der Waals surface area contributed by atoms with Crippen molar-refractivity contribution in [2.45, 2.75) is 101 Å². The highest BCUT2D eigenvalue weighted by atomic mass is 79.9. The SMILES string of the molecule is C=CC1(C)CC[C@@H]2O[C@@]2(C)CC[C@H]2C(C)(C)[C@@H](Br)CC[C@]2(C)O1. The summed E-state index contributed by atoms with van der Waals surface area (Å²) in [6.45, 7) is 15.7. The predicted molar refractivity (Wildman–Crippen MR) is 99.1 cm³/mol. The number of halogens is 1. The van der Waals surface area contributed by atoms with Crippen molar-refractivity contribution in [3.05, 3.63) is 12.7 Å². The molecule has 0 aromatic carbocycles. The third kappa shape index (κ3) is 3.06. The van der Waals surface area contributed by atoms with Gasteiger partial charge in [-0.1, -0.05) is 35.9 Å². The molecule has 3 heteroatoms. The molecule has 3 rings (SSSR count). The zero-order chi connectivity index (χ0) is 17.1. The van der Waals surface area contributed by atoms with E-state index in [1.165, 1.54) is 12.8 Å². The number of hydrogen-bond acceptors (Lipinski definition) is 2. The van der Waals surface area contributed by atoms with Crippen LogP contribution >= 0.6 is 15.9 Å². The molecule has 23 heavy (non-hydrogen) atoms. The minimum Gasteiger partial charge on any atom is -0.366 e. The monoisotopic (exact) mass is 384 g/mol. The second-order valence-electron chi connectivity index (χ2n) is 9.31. The first kappa shape index (κ1) is 17.9. The molecule has 1 aliphatic carbocycles. The van der Waals surface area contributed by atoms with Crippen LogP contribution in [0.25, 0.3) is 0 Å². The van der Waals surface area contributed by atoms with E-state index in [1.807, 2.05) is 6.08 Å². The fourth-order valence-corrected chi connectivity index (χ4v) is 5.76. The smallest absolute Gasteiger partial charge is 0.0920 e. The van der Waals surface area contributed by atoms with E-state index in [4.69, 9.17) is 9.47 Å². The number of hydrogen-bond donors (Lipinski definition) is 0. The molecule has 2 nitrogen and oxygen atoms in total. The Hall–Kier alpha value is 0.140. The molecule has 1 saturated carbocycles. The van der Waals surface area contributed by atoms with Gasteiger partial charge in [0.2, 0.25) is 0 Å². The van der Waals surface area contributed by atoms with Crippen LogP contribution in [0.4, 0.5) is 0 Å². The van der Waals surface area contributed by atoms with Crippen molar-refractivity contribution in [3.63, 3.8) is 0 Å². The molecule has 3 fully saturated rings. The van der Waals surface area contributed by atoms with E-state index < -0.39 is 0 Å². The quantitative estimate of drug-likeness (QED) is 0.331. The van der Waals surface area contributed by atoms with Crippen LogP contribution in [0.3, 0.4) is 0 Å². The van der Waals surface area contributed by atoms with E-state index in [1.54, 1.807) is 0 Å². The Kier molecular flexibility index (Phi) is 4.35. The molecule has 2 heterocycles. The van der Waals surface area contributed by atoms with Crippen LogP contribution in [0.2, 0.25) is 0 Å². The molecule has 0 aromatic rings. The van der Waals surface area contributed by atoms with Crippen molar-refractivity contribution >= 4 is 15.9 Å². The van der Waals surface area contributed by atoms with Crippen molar-refractivity contribution in [2.24, 2.45) is 11.3 Å². The van der Waals surface area contributed by atoms with E-state index in [9.17, 15) is 0 Å². The summed E-state index contributed by atoms with van der Waals surface area (Å²) in [6, 6.07) is 0. The van der Waals surface area contributed by atoms with Gasteiger partial charge >= 0.3 is 0 Å². The van der Waals surface area contributed by atoms with Gasteiger partial charge in [-0.25, -0.2) is 0 Å². The molecule has 2 aliphatic heterocycles. The Morgan fingerprint density at radius 2 is 1.61 bits per heavy atom. The zero-order valence-corrected chi connectivity index (χ0v) is 17.0. The van der Waals surface area contributed by atoms with Crippen LogP contribution < -0.4 is 0 Å². The molecule has 3 aliphatic rings. The maximum Gasteiger partial charge on any atom is 0.0920 e. The summed E-state index contributed by atoms with van der Waals surface area (Å²) in [7, 11) is 0. The van der Waals surface area contributed by atoms with Gasteiger partial charge in [0.1, 0.15) is 0 Å². The Morgan fingerprint density at radius 3 is 2.26 bits per heavy atom. The van der Waals surface area contributed by atoms with Crippen LogP contribution in [0.1, 0.15) is 73.1 Å². The van der Waals surface area contributed by atoms with E-state index in [-0.39, 0.29) is 22.2 Å². The highest BCUT2D eigenvalue weighted by Crippen LogP contribution is 2.56. The van der Waals surface area contributed by atoms with Gasteiger partial charge in [-0.15, -0.1) is 6.58 Å². The standard InChI is InChI=1S/C20H33BrO2/c1-7-18(4)11-10-16-20(6,22-16)12-8-14-17(2,3)15(21)9-13-19(14,5)23-18/h7,14-16H,1,8-13H2,2-6H3/t14-,15-,16-,18?,19-,20-/m0/s1. The van der Waals surface area contributed by atoms with Crippen LogP contribution in [0.5, 0.6) is 0 Å². The van der Waals surface area contributed by atoms with E-state index in [2.05, 4.69) is 57.1 Å². The lowest BCUT2D eigenvalue weighted by Crippen LogP contribution is -2.56. The summed E-state index contributed by atoms with van der Waals surface area (Å²) in [5.74, 6) is 0.521. The van der Waals surface area contributed by atoms with Crippen molar-refractivity contribution in [1.29, 1.82) is 0 Å². The summed E-state index contributed by atoms with van der Waals surface area (Å²) >= 11 is 3.95. The Balaban J connectivity index is 1.95. The fourth-order valence-electron chi connectivity index (χ4n) is 5.22. The molecule has 0 amide bonds. The average Bonchev–Trinajstić information content (AvgIpc) is 3.12. The summed E-state index contributed by atoms with van der Waals surface area (Å²) < 4.78 is 12.9. The van der Waals surface area contributed by atoms with Crippen LogP contribution in [-0.2, 0) is 9.47 Å². The second kappa shape index (κ2) is 5.57. The maximum atomic E-state index is 6.84. The molecule has 0 bridgehead atoms. The van der Waals surface area contributed by atoms with Gasteiger partial charge in [-0.05, 0) is 70.6 Å². The van der Waals surface area contributed by atoms with Crippen LogP contribution in [0, 0.1) is 11.3 Å². The summed E-state index contributed by atoms with van der Waals surface area (Å²) in [5, 5.41) is 0. The largest absolute Gasteiger partial charge is 0.366 e. The van der Waals surface area contributed by atoms with Gasteiger partial charge in [0.25, 0.3) is 0 Å². The van der Waals surface area contributed by atoms with Gasteiger partial charge in [-0.3, -0.25) is 0 Å². The highest BCUT2D eigenvalue weighted by molar-refractivity contribution is 9.09. The molecule has 6 atom stereocenters. The van der Waals surface area contributed by atoms with E-state index in [0.29, 0.717) is 16.8 Å². The lowest BCUT2D eigenvalue weighted by Gasteiger charge is -2.55. The topological polar surface area (TPSA) is 21.8 Å². The van der Waals surface area contributed by atoms with Gasteiger partial charge in [0, 0.05) is 4.83 Å². The lowest BCUT2D eigenvalue weighted by atomic mass is 9.59. The van der Waals surface area contributed by atoms with Crippen LogP contribution in [-0.4, -0.2) is 27.7 Å². The Labute approximate surface area is 150 Å². The van der Waals surface area contributed by atoms with Gasteiger partial charge in [0.05, 0.1) is 22.9 Å². The average molecular weight is 385 g/mol. The molecule has 0 spiro atoms. The number of rotatable bonds is 1. The van der Waals surface area contributed by atoms with Gasteiger partial charge in [0.15, 0.2) is 0 Å². The second-order valence-corrected chi connectivity index (χ2v) is 10.4. The van der Waals surface area contributed by atoms with Gasteiger partial charge in [-0.2, -0.15) is 0 Å². The summed E-state index contributed by atoms with van der Waals surface area (Å²) in [6.07, 6.45) is 9.10. The third-order valence-electron chi connectivity index (χ3n) is 7.10. The highest BCUT2D eigenvalue weighted by Gasteiger charge is 2.58. The third-order valence-corrected chi connectivity index (χ3v) is 8.74. The fraction of sp³-hybridized carbons (Fsp3) is 0.900. The van der Waals surface area contributed by atoms with Crippen molar-refractivity contribution in [1.82, 2.24) is 0 Å². The maximum absolute atomic E-state index is 6.84. The predicted octanol–water partition coefficient (Wildman–Crippen LogP) is 5.64. The first-order valence-corrected chi connectivity index (χ1v) is 10.1.